The largest absolute Gasteiger partial charge is 0.488 e. The molecule has 0 atom stereocenters. The molecule has 1 aromatic carbocycles. The lowest BCUT2D eigenvalue weighted by atomic mass is 10.2. The molecule has 0 saturated carbocycles. The SMILES string of the molecule is CON=C(C(=O)OC)c1sccc1COc1ccccc1SCl. The topological polar surface area (TPSA) is 57.1 Å². The Bertz CT molecular complexity index is 702. The van der Waals surface area contributed by atoms with E-state index in [0.717, 1.165) is 21.4 Å². The molecule has 0 N–H and O–H groups in total. The van der Waals surface area contributed by atoms with Gasteiger partial charge in [0.2, 0.25) is 5.71 Å². The van der Waals surface area contributed by atoms with Gasteiger partial charge in [-0.1, -0.05) is 17.3 Å². The van der Waals surface area contributed by atoms with Crippen molar-refractivity contribution < 1.29 is 19.1 Å². The van der Waals surface area contributed by atoms with Gasteiger partial charge in [-0.15, -0.1) is 11.3 Å². The summed E-state index contributed by atoms with van der Waals surface area (Å²) in [7, 11) is 9.58. The molecule has 5 nitrogen and oxygen atoms in total. The standard InChI is InChI=1S/C15H14ClNO4S2/c1-19-15(18)13(17-20-2)14-10(7-8-22-14)9-21-11-5-3-4-6-12(11)23-16/h3-8H,9H2,1-2H3. The first-order chi connectivity index (χ1) is 11.2. The number of esters is 1. The molecule has 8 heteroatoms. The maximum atomic E-state index is 11.8. The van der Waals surface area contributed by atoms with Crippen molar-refractivity contribution in [1.29, 1.82) is 0 Å². The molecule has 2 aromatic rings. The van der Waals surface area contributed by atoms with Crippen molar-refractivity contribution in [3.05, 3.63) is 46.2 Å². The average molecular weight is 372 g/mol. The van der Waals surface area contributed by atoms with E-state index in [1.165, 1.54) is 25.6 Å². The Morgan fingerprint density at radius 2 is 2.09 bits per heavy atom. The Morgan fingerprint density at radius 3 is 2.78 bits per heavy atom. The van der Waals surface area contributed by atoms with Crippen LogP contribution in [0.5, 0.6) is 5.75 Å². The van der Waals surface area contributed by atoms with E-state index in [-0.39, 0.29) is 12.3 Å². The molecule has 0 fully saturated rings. The van der Waals surface area contributed by atoms with Crippen LogP contribution in [0.4, 0.5) is 0 Å². The fourth-order valence-corrected chi connectivity index (χ4v) is 3.40. The van der Waals surface area contributed by atoms with Crippen LogP contribution in [0.15, 0.2) is 45.8 Å². The van der Waals surface area contributed by atoms with E-state index >= 15 is 0 Å². The van der Waals surface area contributed by atoms with Crippen LogP contribution in [-0.2, 0) is 21.0 Å². The van der Waals surface area contributed by atoms with Crippen molar-refractivity contribution in [2.75, 3.05) is 14.2 Å². The van der Waals surface area contributed by atoms with E-state index < -0.39 is 5.97 Å². The zero-order chi connectivity index (χ0) is 16.7. The third-order valence-corrected chi connectivity index (χ3v) is 4.80. The summed E-state index contributed by atoms with van der Waals surface area (Å²) in [4.78, 5) is 18.0. The number of hydrogen-bond donors (Lipinski definition) is 0. The van der Waals surface area contributed by atoms with Crippen molar-refractivity contribution in [1.82, 2.24) is 0 Å². The van der Waals surface area contributed by atoms with Gasteiger partial charge in [0.1, 0.15) is 19.5 Å². The lowest BCUT2D eigenvalue weighted by molar-refractivity contribution is -0.132. The molecule has 0 unspecified atom stereocenters. The second kappa shape index (κ2) is 8.81. The highest BCUT2D eigenvalue weighted by atomic mass is 35.7. The normalized spacial score (nSPS) is 11.2. The second-order valence-electron chi connectivity index (χ2n) is 4.20. The van der Waals surface area contributed by atoms with Crippen molar-refractivity contribution in [2.45, 2.75) is 11.5 Å². The van der Waals surface area contributed by atoms with Gasteiger partial charge in [-0.2, -0.15) is 0 Å². The molecular formula is C15H14ClNO4S2. The molecular weight excluding hydrogens is 358 g/mol. The highest BCUT2D eigenvalue weighted by Crippen LogP contribution is 2.32. The minimum atomic E-state index is -0.563. The number of carbonyl (C=O) groups excluding carboxylic acids is 1. The smallest absolute Gasteiger partial charge is 0.361 e. The van der Waals surface area contributed by atoms with Gasteiger partial charge in [0.05, 0.1) is 16.9 Å². The zero-order valence-electron chi connectivity index (χ0n) is 12.4. The fourth-order valence-electron chi connectivity index (χ4n) is 1.81. The zero-order valence-corrected chi connectivity index (χ0v) is 14.8. The third-order valence-electron chi connectivity index (χ3n) is 2.84. The summed E-state index contributed by atoms with van der Waals surface area (Å²) >= 11 is 1.36. The first-order valence-corrected chi connectivity index (χ1v) is 9.00. The molecule has 2 rings (SSSR count). The number of nitrogens with zero attached hydrogens (tertiary/aromatic N) is 1. The van der Waals surface area contributed by atoms with Crippen molar-refractivity contribution in [3.63, 3.8) is 0 Å². The van der Waals surface area contributed by atoms with Crippen LogP contribution in [0.3, 0.4) is 0 Å². The molecule has 0 amide bonds. The van der Waals surface area contributed by atoms with Gasteiger partial charge in [0, 0.05) is 5.56 Å². The molecule has 0 aliphatic heterocycles. The number of oxime groups is 1. The van der Waals surface area contributed by atoms with Crippen LogP contribution < -0.4 is 4.74 Å². The van der Waals surface area contributed by atoms with Crippen LogP contribution in [0.1, 0.15) is 10.4 Å². The molecule has 0 saturated heterocycles. The Hall–Kier alpha value is -1.70. The van der Waals surface area contributed by atoms with Crippen LogP contribution in [-0.4, -0.2) is 25.9 Å². The number of ether oxygens (including phenoxy) is 2. The first kappa shape index (κ1) is 17.7. The number of benzene rings is 1. The number of halogens is 1. The second-order valence-corrected chi connectivity index (χ2v) is 6.17. The van der Waals surface area contributed by atoms with Gasteiger partial charge in [-0.05, 0) is 45.2 Å². The minimum Gasteiger partial charge on any atom is -0.488 e. The van der Waals surface area contributed by atoms with E-state index in [1.807, 2.05) is 35.7 Å². The Labute approximate surface area is 146 Å². The van der Waals surface area contributed by atoms with Gasteiger partial charge in [0.15, 0.2) is 0 Å². The predicted molar refractivity (Wildman–Crippen MR) is 92.4 cm³/mol. The number of carbonyl (C=O) groups is 1. The highest BCUT2D eigenvalue weighted by molar-refractivity contribution is 8.21. The predicted octanol–water partition coefficient (Wildman–Crippen LogP) is 4.10. The van der Waals surface area contributed by atoms with Crippen molar-refractivity contribution in [3.8, 4) is 5.75 Å². The molecule has 1 heterocycles. The maximum Gasteiger partial charge on any atom is 0.361 e. The number of para-hydroxylation sites is 1. The average Bonchev–Trinajstić information content (AvgIpc) is 3.05. The Morgan fingerprint density at radius 1 is 1.30 bits per heavy atom. The Balaban J connectivity index is 2.21. The van der Waals surface area contributed by atoms with E-state index in [0.29, 0.717) is 10.6 Å². The summed E-state index contributed by atoms with van der Waals surface area (Å²) < 4.78 is 10.5. The van der Waals surface area contributed by atoms with Crippen LogP contribution >= 0.6 is 33.0 Å². The van der Waals surface area contributed by atoms with Crippen molar-refractivity contribution in [2.24, 2.45) is 5.16 Å². The number of thiophene rings is 1. The van der Waals surface area contributed by atoms with E-state index in [1.54, 1.807) is 0 Å². The first-order valence-electron chi connectivity index (χ1n) is 6.47. The molecule has 0 spiro atoms. The number of hydrogen-bond acceptors (Lipinski definition) is 7. The molecule has 0 aliphatic carbocycles. The highest BCUT2D eigenvalue weighted by Gasteiger charge is 2.21. The lowest BCUT2D eigenvalue weighted by Crippen LogP contribution is -2.18. The van der Waals surface area contributed by atoms with Crippen LogP contribution in [0.25, 0.3) is 0 Å². The minimum absolute atomic E-state index is 0.114. The molecule has 0 aliphatic rings. The summed E-state index contributed by atoms with van der Waals surface area (Å²) in [6, 6.07) is 9.32. The lowest BCUT2D eigenvalue weighted by Gasteiger charge is -2.10. The summed E-state index contributed by atoms with van der Waals surface area (Å²) in [5.74, 6) is 0.111. The van der Waals surface area contributed by atoms with Gasteiger partial charge >= 0.3 is 5.97 Å². The fraction of sp³-hybridized carbons (Fsp3) is 0.200. The van der Waals surface area contributed by atoms with Crippen molar-refractivity contribution >= 4 is 44.7 Å². The molecule has 1 aromatic heterocycles. The molecule has 0 radical (unpaired) electrons. The third kappa shape index (κ3) is 4.40. The number of rotatable bonds is 7. The van der Waals surface area contributed by atoms with Gasteiger partial charge in [-0.25, -0.2) is 4.79 Å². The summed E-state index contributed by atoms with van der Waals surface area (Å²) in [6.07, 6.45) is 0. The summed E-state index contributed by atoms with van der Waals surface area (Å²) in [5.41, 5.74) is 0.925. The monoisotopic (exact) mass is 371 g/mol. The van der Waals surface area contributed by atoms with E-state index in [2.05, 4.69) is 5.16 Å². The summed E-state index contributed by atoms with van der Waals surface area (Å²) in [6.45, 7) is 0.271. The van der Waals surface area contributed by atoms with Gasteiger partial charge < -0.3 is 14.3 Å². The Kier molecular flexibility index (Phi) is 6.76. The van der Waals surface area contributed by atoms with Crippen LogP contribution in [0, 0.1) is 0 Å². The van der Waals surface area contributed by atoms with E-state index in [4.69, 9.17) is 25.0 Å². The quantitative estimate of drug-likeness (QED) is 0.416. The van der Waals surface area contributed by atoms with Crippen LogP contribution in [0.2, 0.25) is 0 Å². The number of methoxy groups -OCH3 is 1. The molecule has 122 valence electrons. The van der Waals surface area contributed by atoms with E-state index in [9.17, 15) is 4.79 Å². The van der Waals surface area contributed by atoms with Gasteiger partial charge in [-0.3, -0.25) is 0 Å². The molecule has 23 heavy (non-hydrogen) atoms. The maximum absolute atomic E-state index is 11.8. The summed E-state index contributed by atoms with van der Waals surface area (Å²) in [5, 5.41) is 5.61. The molecule has 0 bridgehead atoms. The van der Waals surface area contributed by atoms with Gasteiger partial charge in [0.25, 0.3) is 0 Å².